The Morgan fingerprint density at radius 3 is 2.38 bits per heavy atom. The summed E-state index contributed by atoms with van der Waals surface area (Å²) in [5.74, 6) is 0.970. The predicted molar refractivity (Wildman–Crippen MR) is 121 cm³/mol. The molecule has 1 heterocycles. The Hall–Kier alpha value is -2.15. The molecule has 0 unspecified atom stereocenters. The van der Waals surface area contributed by atoms with E-state index in [1.807, 2.05) is 19.1 Å². The maximum absolute atomic E-state index is 13.0. The van der Waals surface area contributed by atoms with Crippen LogP contribution in [-0.4, -0.2) is 36.7 Å². The second-order valence-electron chi connectivity index (χ2n) is 6.17. The van der Waals surface area contributed by atoms with Gasteiger partial charge in [-0.3, -0.25) is 9.69 Å². The number of hydrogen-bond donors (Lipinski definition) is 0. The molecule has 152 valence electrons. The fourth-order valence-corrected chi connectivity index (χ4v) is 4.11. The van der Waals surface area contributed by atoms with Crippen LogP contribution < -0.4 is 9.47 Å². The summed E-state index contributed by atoms with van der Waals surface area (Å²) in [6, 6.07) is 10.6. The highest BCUT2D eigenvalue weighted by Crippen LogP contribution is 2.38. The number of methoxy groups -OCH3 is 2. The van der Waals surface area contributed by atoms with Crippen LogP contribution in [0.2, 0.25) is 10.0 Å². The number of carbonyl (C=O) groups is 1. The summed E-state index contributed by atoms with van der Waals surface area (Å²) in [4.78, 5) is 19.8. The zero-order valence-corrected chi connectivity index (χ0v) is 18.6. The number of ether oxygens (including phenoxy) is 2. The van der Waals surface area contributed by atoms with Crippen molar-refractivity contribution in [2.75, 3.05) is 20.8 Å². The lowest BCUT2D eigenvalue weighted by Gasteiger charge is -2.14. The Balaban J connectivity index is 1.98. The first-order chi connectivity index (χ1) is 14.0. The zero-order valence-electron chi connectivity index (χ0n) is 16.2. The average Bonchev–Trinajstić information content (AvgIpc) is 3.00. The van der Waals surface area contributed by atoms with E-state index in [1.54, 1.807) is 49.5 Å². The highest BCUT2D eigenvalue weighted by molar-refractivity contribution is 8.18. The summed E-state index contributed by atoms with van der Waals surface area (Å²) in [6.45, 7) is 2.60. The van der Waals surface area contributed by atoms with E-state index in [4.69, 9.17) is 32.7 Å². The highest BCUT2D eigenvalue weighted by atomic mass is 35.5. The summed E-state index contributed by atoms with van der Waals surface area (Å²) < 4.78 is 10.6. The van der Waals surface area contributed by atoms with Crippen LogP contribution in [0.5, 0.6) is 11.5 Å². The molecule has 1 aliphatic rings. The van der Waals surface area contributed by atoms with Gasteiger partial charge in [0, 0.05) is 17.6 Å². The summed E-state index contributed by atoms with van der Waals surface area (Å²) in [7, 11) is 3.10. The Labute approximate surface area is 184 Å². The van der Waals surface area contributed by atoms with Gasteiger partial charge in [-0.25, -0.2) is 4.99 Å². The second kappa shape index (κ2) is 9.57. The van der Waals surface area contributed by atoms with Gasteiger partial charge in [0.25, 0.3) is 5.91 Å². The Bertz CT molecular complexity index is 975. The van der Waals surface area contributed by atoms with Crippen molar-refractivity contribution in [3.05, 3.63) is 56.9 Å². The number of benzene rings is 2. The number of amidine groups is 1. The summed E-state index contributed by atoms with van der Waals surface area (Å²) >= 11 is 13.6. The van der Waals surface area contributed by atoms with Gasteiger partial charge in [-0.1, -0.05) is 30.1 Å². The monoisotopic (exact) mass is 450 g/mol. The number of rotatable bonds is 6. The van der Waals surface area contributed by atoms with E-state index in [2.05, 4.69) is 4.99 Å². The normalized spacial score (nSPS) is 16.7. The van der Waals surface area contributed by atoms with Crippen LogP contribution in [-0.2, 0) is 4.79 Å². The van der Waals surface area contributed by atoms with E-state index in [-0.39, 0.29) is 5.91 Å². The third-order valence-electron chi connectivity index (χ3n) is 4.18. The van der Waals surface area contributed by atoms with Crippen LogP contribution in [0.3, 0.4) is 0 Å². The number of aliphatic imine (C=N–C) groups is 1. The number of carbonyl (C=O) groups excluding carboxylic acids is 1. The SMILES string of the molecule is CCCN1C(=O)/C(=C/c2cc(OC)c(OC)cc2Cl)SC1=Nc1ccc(Cl)cc1. The van der Waals surface area contributed by atoms with Crippen LogP contribution in [0.1, 0.15) is 18.9 Å². The molecular formula is C21H20Cl2N2O3S. The van der Waals surface area contributed by atoms with Crippen LogP contribution in [0.4, 0.5) is 5.69 Å². The fraction of sp³-hybridized carbons (Fsp3) is 0.238. The van der Waals surface area contributed by atoms with Crippen LogP contribution in [0.25, 0.3) is 6.08 Å². The minimum absolute atomic E-state index is 0.101. The number of thioether (sulfide) groups is 1. The van der Waals surface area contributed by atoms with E-state index in [1.165, 1.54) is 11.8 Å². The molecule has 1 saturated heterocycles. The Morgan fingerprint density at radius 1 is 1.10 bits per heavy atom. The minimum atomic E-state index is -0.101. The van der Waals surface area contributed by atoms with Gasteiger partial charge < -0.3 is 9.47 Å². The van der Waals surface area contributed by atoms with E-state index in [0.29, 0.717) is 43.7 Å². The average molecular weight is 451 g/mol. The number of halogens is 2. The Kier molecular flexibility index (Phi) is 7.11. The molecule has 2 aromatic rings. The number of nitrogens with zero attached hydrogens (tertiary/aromatic N) is 2. The predicted octanol–water partition coefficient (Wildman–Crippen LogP) is 6.02. The van der Waals surface area contributed by atoms with Crippen LogP contribution in [0, 0.1) is 0 Å². The lowest BCUT2D eigenvalue weighted by atomic mass is 10.1. The summed E-state index contributed by atoms with van der Waals surface area (Å²) in [6.07, 6.45) is 2.57. The molecule has 2 aromatic carbocycles. The molecule has 0 aromatic heterocycles. The molecule has 1 fully saturated rings. The first-order valence-corrected chi connectivity index (χ1v) is 10.5. The van der Waals surface area contributed by atoms with Crippen molar-refractivity contribution < 1.29 is 14.3 Å². The van der Waals surface area contributed by atoms with Crippen molar-refractivity contribution in [2.24, 2.45) is 4.99 Å². The molecule has 1 aliphatic heterocycles. The van der Waals surface area contributed by atoms with Gasteiger partial charge in [-0.15, -0.1) is 0 Å². The maximum Gasteiger partial charge on any atom is 0.266 e. The molecule has 29 heavy (non-hydrogen) atoms. The van der Waals surface area contributed by atoms with Gasteiger partial charge in [-0.05, 0) is 60.2 Å². The van der Waals surface area contributed by atoms with E-state index in [0.717, 1.165) is 12.1 Å². The molecule has 0 spiro atoms. The van der Waals surface area contributed by atoms with Gasteiger partial charge in [-0.2, -0.15) is 0 Å². The molecule has 0 bridgehead atoms. The molecule has 0 saturated carbocycles. The number of amides is 1. The number of hydrogen-bond acceptors (Lipinski definition) is 5. The third-order valence-corrected chi connectivity index (χ3v) is 5.76. The smallest absolute Gasteiger partial charge is 0.266 e. The van der Waals surface area contributed by atoms with Gasteiger partial charge >= 0.3 is 0 Å². The maximum atomic E-state index is 13.0. The van der Waals surface area contributed by atoms with Crippen LogP contribution >= 0.6 is 35.0 Å². The molecule has 1 amide bonds. The van der Waals surface area contributed by atoms with Gasteiger partial charge in [0.1, 0.15) is 0 Å². The van der Waals surface area contributed by atoms with Crippen molar-refractivity contribution in [2.45, 2.75) is 13.3 Å². The molecule has 0 radical (unpaired) electrons. The standard InChI is InChI=1S/C21H20Cl2N2O3S/c1-4-9-25-20(26)19(29-21(25)24-15-7-5-14(22)6-8-15)11-13-10-17(27-2)18(28-3)12-16(13)23/h5-8,10-12H,4,9H2,1-3H3/b19-11-,24-21?. The molecule has 5 nitrogen and oxygen atoms in total. The van der Waals surface area contributed by atoms with Crippen molar-refractivity contribution in [3.63, 3.8) is 0 Å². The summed E-state index contributed by atoms with van der Waals surface area (Å²) in [5, 5.41) is 1.73. The van der Waals surface area contributed by atoms with E-state index in [9.17, 15) is 4.79 Å². The minimum Gasteiger partial charge on any atom is -0.493 e. The van der Waals surface area contributed by atoms with Crippen LogP contribution in [0.15, 0.2) is 46.3 Å². The second-order valence-corrected chi connectivity index (χ2v) is 8.02. The molecule has 0 N–H and O–H groups in total. The van der Waals surface area contributed by atoms with Gasteiger partial charge in [0.15, 0.2) is 16.7 Å². The Morgan fingerprint density at radius 2 is 1.76 bits per heavy atom. The topological polar surface area (TPSA) is 51.1 Å². The molecule has 0 atom stereocenters. The summed E-state index contributed by atoms with van der Waals surface area (Å²) in [5.41, 5.74) is 1.40. The van der Waals surface area contributed by atoms with E-state index < -0.39 is 0 Å². The molecule has 8 heteroatoms. The lowest BCUT2D eigenvalue weighted by molar-refractivity contribution is -0.122. The first-order valence-electron chi connectivity index (χ1n) is 8.94. The quantitative estimate of drug-likeness (QED) is 0.504. The van der Waals surface area contributed by atoms with Gasteiger partial charge in [0.05, 0.1) is 29.8 Å². The zero-order chi connectivity index (χ0) is 21.0. The fourth-order valence-electron chi connectivity index (χ4n) is 2.76. The van der Waals surface area contributed by atoms with Crippen molar-refractivity contribution >= 4 is 57.8 Å². The first kappa shape index (κ1) is 21.6. The lowest BCUT2D eigenvalue weighted by Crippen LogP contribution is -2.29. The molecular weight excluding hydrogens is 431 g/mol. The van der Waals surface area contributed by atoms with Crippen molar-refractivity contribution in [1.29, 1.82) is 0 Å². The molecule has 0 aliphatic carbocycles. The van der Waals surface area contributed by atoms with Crippen molar-refractivity contribution in [1.82, 2.24) is 4.90 Å². The van der Waals surface area contributed by atoms with Gasteiger partial charge in [0.2, 0.25) is 0 Å². The van der Waals surface area contributed by atoms with Crippen molar-refractivity contribution in [3.8, 4) is 11.5 Å². The van der Waals surface area contributed by atoms with E-state index >= 15 is 0 Å². The highest BCUT2D eigenvalue weighted by Gasteiger charge is 2.33. The third kappa shape index (κ3) is 4.89. The molecule has 3 rings (SSSR count). The largest absolute Gasteiger partial charge is 0.493 e.